The summed E-state index contributed by atoms with van der Waals surface area (Å²) in [5.74, 6) is -0.110. The fourth-order valence-corrected chi connectivity index (χ4v) is 1.62. The highest BCUT2D eigenvalue weighted by molar-refractivity contribution is 7.12. The van der Waals surface area contributed by atoms with E-state index in [2.05, 4.69) is 0 Å². The summed E-state index contributed by atoms with van der Waals surface area (Å²) in [5, 5.41) is 10.1. The zero-order chi connectivity index (χ0) is 9.14. The quantitative estimate of drug-likeness (QED) is 0.694. The Morgan fingerprint density at radius 3 is 2.92 bits per heavy atom. The summed E-state index contributed by atoms with van der Waals surface area (Å²) in [6.07, 6.45) is 0. The number of Topliss-reactive ketones (excluding diaryl/α,β-unsaturated/α-hetero) is 1. The number of thiophene rings is 1. The van der Waals surface area contributed by atoms with Gasteiger partial charge in [0.15, 0.2) is 5.78 Å². The molecule has 1 rings (SSSR count). The van der Waals surface area contributed by atoms with Crippen LogP contribution in [0.15, 0.2) is 11.4 Å². The molecule has 1 atom stereocenters. The van der Waals surface area contributed by atoms with E-state index in [1.807, 2.05) is 6.07 Å². The van der Waals surface area contributed by atoms with Gasteiger partial charge >= 0.3 is 0 Å². The zero-order valence-corrected chi connectivity index (χ0v) is 7.39. The van der Waals surface area contributed by atoms with Gasteiger partial charge < -0.3 is 5.73 Å². The molecule has 0 aromatic carbocycles. The van der Waals surface area contributed by atoms with E-state index in [1.54, 1.807) is 18.4 Å². The number of rotatable bonds is 2. The molecule has 1 heterocycles. The molecule has 0 aliphatic carbocycles. The standard InChI is InChI=1S/C8H8N2OS/c1-5(10)8(11)7-2-6(3-9)4-12-7/h2,4-5H,10H2,1H3. The van der Waals surface area contributed by atoms with Crippen LogP contribution in [0.1, 0.15) is 22.2 Å². The third-order valence-electron chi connectivity index (χ3n) is 1.38. The zero-order valence-electron chi connectivity index (χ0n) is 6.57. The van der Waals surface area contributed by atoms with Crippen molar-refractivity contribution in [3.8, 4) is 6.07 Å². The van der Waals surface area contributed by atoms with Crippen molar-refractivity contribution in [1.82, 2.24) is 0 Å². The van der Waals surface area contributed by atoms with Crippen molar-refractivity contribution in [2.24, 2.45) is 5.73 Å². The first-order valence-electron chi connectivity index (χ1n) is 3.43. The second kappa shape index (κ2) is 3.48. The molecular weight excluding hydrogens is 172 g/mol. The van der Waals surface area contributed by atoms with E-state index in [0.29, 0.717) is 10.4 Å². The highest BCUT2D eigenvalue weighted by Crippen LogP contribution is 2.15. The smallest absolute Gasteiger partial charge is 0.189 e. The average Bonchev–Trinajstić information content (AvgIpc) is 2.50. The molecule has 1 aromatic rings. The van der Waals surface area contributed by atoms with Gasteiger partial charge in [0.2, 0.25) is 0 Å². The molecule has 0 spiro atoms. The molecule has 0 bridgehead atoms. The Hall–Kier alpha value is -1.18. The molecule has 3 nitrogen and oxygen atoms in total. The molecule has 12 heavy (non-hydrogen) atoms. The van der Waals surface area contributed by atoms with Crippen LogP contribution in [-0.2, 0) is 0 Å². The summed E-state index contributed by atoms with van der Waals surface area (Å²) in [5.41, 5.74) is 5.91. The van der Waals surface area contributed by atoms with Crippen LogP contribution >= 0.6 is 11.3 Å². The van der Waals surface area contributed by atoms with E-state index < -0.39 is 6.04 Å². The van der Waals surface area contributed by atoms with Gasteiger partial charge in [-0.05, 0) is 13.0 Å². The van der Waals surface area contributed by atoms with Gasteiger partial charge in [-0.15, -0.1) is 11.3 Å². The van der Waals surface area contributed by atoms with Crippen molar-refractivity contribution in [1.29, 1.82) is 5.26 Å². The van der Waals surface area contributed by atoms with E-state index in [0.717, 1.165) is 0 Å². The van der Waals surface area contributed by atoms with Gasteiger partial charge in [0.05, 0.1) is 16.5 Å². The van der Waals surface area contributed by atoms with Crippen LogP contribution in [0.4, 0.5) is 0 Å². The highest BCUT2D eigenvalue weighted by atomic mass is 32.1. The van der Waals surface area contributed by atoms with Gasteiger partial charge in [-0.25, -0.2) is 0 Å². The van der Waals surface area contributed by atoms with Crippen LogP contribution in [0.3, 0.4) is 0 Å². The molecule has 0 fully saturated rings. The second-order valence-corrected chi connectivity index (χ2v) is 3.38. The Balaban J connectivity index is 2.91. The topological polar surface area (TPSA) is 66.9 Å². The van der Waals surface area contributed by atoms with Gasteiger partial charge in [0.25, 0.3) is 0 Å². The summed E-state index contributed by atoms with van der Waals surface area (Å²) in [6.45, 7) is 1.63. The number of carbonyl (C=O) groups is 1. The number of ketones is 1. The molecule has 1 aromatic heterocycles. The SMILES string of the molecule is CC(N)C(=O)c1cc(C#N)cs1. The molecule has 0 amide bonds. The van der Waals surface area contributed by atoms with Crippen molar-refractivity contribution in [3.63, 3.8) is 0 Å². The molecular formula is C8H8N2OS. The van der Waals surface area contributed by atoms with Crippen LogP contribution in [0.2, 0.25) is 0 Å². The maximum atomic E-state index is 11.2. The van der Waals surface area contributed by atoms with E-state index in [9.17, 15) is 4.79 Å². The van der Waals surface area contributed by atoms with Gasteiger partial charge in [-0.1, -0.05) is 0 Å². The second-order valence-electron chi connectivity index (χ2n) is 2.46. The van der Waals surface area contributed by atoms with Gasteiger partial charge in [-0.3, -0.25) is 4.79 Å². The Morgan fingerprint density at radius 2 is 2.50 bits per heavy atom. The van der Waals surface area contributed by atoms with Crippen molar-refractivity contribution in [2.75, 3.05) is 0 Å². The lowest BCUT2D eigenvalue weighted by molar-refractivity contribution is 0.0972. The monoisotopic (exact) mass is 180 g/mol. The molecule has 4 heteroatoms. The third kappa shape index (κ3) is 1.70. The number of hydrogen-bond acceptors (Lipinski definition) is 4. The van der Waals surface area contributed by atoms with E-state index in [1.165, 1.54) is 11.3 Å². The Labute approximate surface area is 74.4 Å². The van der Waals surface area contributed by atoms with Gasteiger partial charge in [0, 0.05) is 5.38 Å². The van der Waals surface area contributed by atoms with Crippen LogP contribution in [0.25, 0.3) is 0 Å². The minimum Gasteiger partial charge on any atom is -0.321 e. The summed E-state index contributed by atoms with van der Waals surface area (Å²) in [6, 6.07) is 3.03. The Morgan fingerprint density at radius 1 is 1.83 bits per heavy atom. The molecule has 0 radical (unpaired) electrons. The van der Waals surface area contributed by atoms with Crippen LogP contribution in [-0.4, -0.2) is 11.8 Å². The lowest BCUT2D eigenvalue weighted by Crippen LogP contribution is -2.25. The Bertz CT molecular complexity index is 335. The molecule has 1 unspecified atom stereocenters. The van der Waals surface area contributed by atoms with E-state index in [4.69, 9.17) is 11.0 Å². The average molecular weight is 180 g/mol. The largest absolute Gasteiger partial charge is 0.321 e. The molecule has 0 aliphatic heterocycles. The Kier molecular flexibility index (Phi) is 2.58. The summed E-state index contributed by atoms with van der Waals surface area (Å²) >= 11 is 1.26. The molecule has 0 aliphatic rings. The van der Waals surface area contributed by atoms with Crippen LogP contribution in [0.5, 0.6) is 0 Å². The minimum atomic E-state index is -0.491. The number of nitrogens with two attached hydrogens (primary N) is 1. The molecule has 0 saturated carbocycles. The third-order valence-corrected chi connectivity index (χ3v) is 2.33. The van der Waals surface area contributed by atoms with Crippen molar-refractivity contribution < 1.29 is 4.79 Å². The van der Waals surface area contributed by atoms with Crippen LogP contribution in [0, 0.1) is 11.3 Å². The molecule has 2 N–H and O–H groups in total. The first kappa shape index (κ1) is 8.91. The van der Waals surface area contributed by atoms with Gasteiger partial charge in [0.1, 0.15) is 6.07 Å². The van der Waals surface area contributed by atoms with Crippen molar-refractivity contribution >= 4 is 17.1 Å². The summed E-state index contributed by atoms with van der Waals surface area (Å²) in [4.78, 5) is 11.8. The van der Waals surface area contributed by atoms with Crippen molar-refractivity contribution in [2.45, 2.75) is 13.0 Å². The molecule has 0 saturated heterocycles. The predicted molar refractivity (Wildman–Crippen MR) is 47.0 cm³/mol. The number of carbonyl (C=O) groups excluding carboxylic acids is 1. The maximum absolute atomic E-state index is 11.2. The normalized spacial score (nSPS) is 12.1. The first-order chi connectivity index (χ1) is 5.65. The van der Waals surface area contributed by atoms with Crippen LogP contribution < -0.4 is 5.73 Å². The van der Waals surface area contributed by atoms with Gasteiger partial charge in [-0.2, -0.15) is 5.26 Å². The fraction of sp³-hybridized carbons (Fsp3) is 0.250. The highest BCUT2D eigenvalue weighted by Gasteiger charge is 2.12. The fourth-order valence-electron chi connectivity index (χ4n) is 0.748. The summed E-state index contributed by atoms with van der Waals surface area (Å²) in [7, 11) is 0. The van der Waals surface area contributed by atoms with E-state index in [-0.39, 0.29) is 5.78 Å². The number of hydrogen-bond donors (Lipinski definition) is 1. The lowest BCUT2D eigenvalue weighted by atomic mass is 10.2. The number of nitrogens with zero attached hydrogens (tertiary/aromatic N) is 1. The maximum Gasteiger partial charge on any atom is 0.189 e. The first-order valence-corrected chi connectivity index (χ1v) is 4.31. The summed E-state index contributed by atoms with van der Waals surface area (Å²) < 4.78 is 0. The van der Waals surface area contributed by atoms with E-state index >= 15 is 0 Å². The lowest BCUT2D eigenvalue weighted by Gasteiger charge is -1.98. The molecule has 62 valence electrons. The minimum absolute atomic E-state index is 0.110. The predicted octanol–water partition coefficient (Wildman–Crippen LogP) is 1.15. The number of nitriles is 1. The van der Waals surface area contributed by atoms with Crippen molar-refractivity contribution in [3.05, 3.63) is 21.9 Å².